The molecule has 12 heteroatoms. The van der Waals surface area contributed by atoms with Crippen molar-refractivity contribution in [3.63, 3.8) is 0 Å². The van der Waals surface area contributed by atoms with Gasteiger partial charge in [-0.2, -0.15) is 0 Å². The second-order valence-corrected chi connectivity index (χ2v) is 14.8. The van der Waals surface area contributed by atoms with Gasteiger partial charge < -0.3 is 10.6 Å². The summed E-state index contributed by atoms with van der Waals surface area (Å²) in [5.74, 6) is -0.664. The van der Waals surface area contributed by atoms with Crippen LogP contribution in [-0.4, -0.2) is 28.6 Å². The van der Waals surface area contributed by atoms with Gasteiger partial charge in [-0.05, 0) is 115 Å². The molecule has 0 radical (unpaired) electrons. The monoisotopic (exact) mass is 716 g/mol. The summed E-state index contributed by atoms with van der Waals surface area (Å²) in [6.45, 7) is 0. The molecule has 0 aliphatic carbocycles. The summed E-state index contributed by atoms with van der Waals surface area (Å²) in [6, 6.07) is 43.3. The first-order valence-corrected chi connectivity index (χ1v) is 18.7. The lowest BCUT2D eigenvalue weighted by molar-refractivity contribution is 0.101. The lowest BCUT2D eigenvalue weighted by atomic mass is 10.0. The topological polar surface area (TPSA) is 151 Å². The highest BCUT2D eigenvalue weighted by molar-refractivity contribution is 7.93. The maximum Gasteiger partial charge on any atom is 0.261 e. The minimum absolute atomic E-state index is 0.145. The maximum absolute atomic E-state index is 12.8. The first kappa shape index (κ1) is 34.6. The molecule has 0 bridgehead atoms. The van der Waals surface area contributed by atoms with E-state index in [1.807, 2.05) is 48.5 Å². The number of hydrogen-bond acceptors (Lipinski definition) is 6. The Morgan fingerprint density at radius 3 is 1.04 bits per heavy atom. The van der Waals surface area contributed by atoms with Crippen LogP contribution in [0, 0.1) is 0 Å². The Kier molecular flexibility index (Phi) is 10.3. The summed E-state index contributed by atoms with van der Waals surface area (Å²) in [5, 5.41) is 5.71. The number of nitrogens with one attached hydrogen (secondary N) is 4. The molecule has 0 aromatic heterocycles. The smallest absolute Gasteiger partial charge is 0.261 e. The summed E-state index contributed by atoms with van der Waals surface area (Å²) >= 11 is 0. The van der Waals surface area contributed by atoms with Gasteiger partial charge in [-0.3, -0.25) is 19.0 Å². The second kappa shape index (κ2) is 15.1. The number of hydrogen-bond donors (Lipinski definition) is 4. The average Bonchev–Trinajstić information content (AvgIpc) is 3.14. The van der Waals surface area contributed by atoms with E-state index < -0.39 is 20.0 Å². The Morgan fingerprint density at radius 2 is 0.706 bits per heavy atom. The van der Waals surface area contributed by atoms with Crippen LogP contribution in [0.4, 0.5) is 22.7 Å². The quantitative estimate of drug-likeness (QED) is 0.104. The van der Waals surface area contributed by atoms with Crippen LogP contribution in [0.5, 0.6) is 0 Å². The molecule has 0 spiro atoms. The summed E-state index contributed by atoms with van der Waals surface area (Å²) < 4.78 is 55.2. The Hall–Kier alpha value is -6.24. The molecule has 0 aliphatic rings. The SMILES string of the molecule is O=C(Nc1ccc(Cc2ccc(NC(=O)c3ccc(NS(=O)(=O)c4ccccc4)cc3)cc2)cc1)c1ccc(NS(=O)(=O)c2ccccc2)cc1. The Bertz CT molecular complexity index is 2180. The van der Waals surface area contributed by atoms with E-state index in [4.69, 9.17) is 0 Å². The predicted octanol–water partition coefficient (Wildman–Crippen LogP) is 7.38. The zero-order valence-electron chi connectivity index (χ0n) is 27.0. The van der Waals surface area contributed by atoms with Crippen molar-refractivity contribution in [3.8, 4) is 0 Å². The van der Waals surface area contributed by atoms with Crippen molar-refractivity contribution in [2.24, 2.45) is 0 Å². The van der Waals surface area contributed by atoms with Gasteiger partial charge in [0, 0.05) is 33.9 Å². The molecule has 0 saturated carbocycles. The lowest BCUT2D eigenvalue weighted by Gasteiger charge is -2.10. The summed E-state index contributed by atoms with van der Waals surface area (Å²) in [4.78, 5) is 25.9. The fourth-order valence-corrected chi connectivity index (χ4v) is 7.22. The third kappa shape index (κ3) is 9.06. The minimum Gasteiger partial charge on any atom is -0.322 e. The number of rotatable bonds is 12. The molecule has 0 fully saturated rings. The number of carbonyl (C=O) groups is 2. The molecule has 0 atom stereocenters. The van der Waals surface area contributed by atoms with Crippen LogP contribution in [0.1, 0.15) is 31.8 Å². The van der Waals surface area contributed by atoms with Crippen LogP contribution in [0.3, 0.4) is 0 Å². The van der Waals surface area contributed by atoms with Crippen LogP contribution >= 0.6 is 0 Å². The van der Waals surface area contributed by atoms with Gasteiger partial charge in [-0.25, -0.2) is 16.8 Å². The van der Waals surface area contributed by atoms with Gasteiger partial charge in [-0.15, -0.1) is 0 Å². The van der Waals surface area contributed by atoms with Gasteiger partial charge in [0.05, 0.1) is 9.79 Å². The predicted molar refractivity (Wildman–Crippen MR) is 199 cm³/mol. The highest BCUT2D eigenvalue weighted by atomic mass is 32.2. The van der Waals surface area contributed by atoms with Crippen LogP contribution in [-0.2, 0) is 26.5 Å². The molecular formula is C39H32N4O6S2. The Balaban J connectivity index is 0.984. The molecular weight excluding hydrogens is 685 g/mol. The highest BCUT2D eigenvalue weighted by Crippen LogP contribution is 2.21. The van der Waals surface area contributed by atoms with E-state index in [9.17, 15) is 26.4 Å². The molecule has 256 valence electrons. The highest BCUT2D eigenvalue weighted by Gasteiger charge is 2.16. The van der Waals surface area contributed by atoms with Gasteiger partial charge in [0.15, 0.2) is 0 Å². The van der Waals surface area contributed by atoms with Crippen LogP contribution in [0.2, 0.25) is 0 Å². The van der Waals surface area contributed by atoms with Crippen molar-refractivity contribution < 1.29 is 26.4 Å². The van der Waals surface area contributed by atoms with Gasteiger partial charge in [0.1, 0.15) is 0 Å². The third-order valence-electron chi connectivity index (χ3n) is 7.74. The molecule has 6 rings (SSSR count). The van der Waals surface area contributed by atoms with Crippen LogP contribution in [0.15, 0.2) is 168 Å². The number of carbonyl (C=O) groups excluding carboxylic acids is 2. The molecule has 6 aromatic rings. The van der Waals surface area contributed by atoms with Crippen molar-refractivity contribution in [2.75, 3.05) is 20.1 Å². The standard InChI is InChI=1S/C39H32N4O6S2/c44-38(30-15-23-34(24-16-30)42-50(46,47)36-7-3-1-4-8-36)40-32-19-11-28(12-20-32)27-29-13-21-33(22-14-29)41-39(45)31-17-25-35(26-18-31)43-51(48,49)37-9-5-2-6-10-37/h1-26,42-43H,27H2,(H,40,44)(H,41,45). The molecule has 0 aliphatic heterocycles. The van der Waals surface area contributed by atoms with Crippen molar-refractivity contribution in [1.29, 1.82) is 0 Å². The Labute approximate surface area is 296 Å². The fraction of sp³-hybridized carbons (Fsp3) is 0.0256. The minimum atomic E-state index is -3.73. The van der Waals surface area contributed by atoms with Gasteiger partial charge in [0.25, 0.3) is 31.9 Å². The third-order valence-corrected chi connectivity index (χ3v) is 10.5. The van der Waals surface area contributed by atoms with Crippen molar-refractivity contribution in [3.05, 3.63) is 180 Å². The Morgan fingerprint density at radius 1 is 0.392 bits per heavy atom. The first-order valence-electron chi connectivity index (χ1n) is 15.7. The van der Waals surface area contributed by atoms with Gasteiger partial charge >= 0.3 is 0 Å². The van der Waals surface area contributed by atoms with Gasteiger partial charge in [0.2, 0.25) is 0 Å². The zero-order valence-corrected chi connectivity index (χ0v) is 28.6. The molecule has 0 heterocycles. The van der Waals surface area contributed by atoms with Crippen LogP contribution < -0.4 is 20.1 Å². The molecule has 0 saturated heterocycles. The zero-order chi connectivity index (χ0) is 35.8. The summed E-state index contributed by atoms with van der Waals surface area (Å²) in [5.41, 5.74) is 4.68. The van der Waals surface area contributed by atoms with E-state index in [0.29, 0.717) is 40.3 Å². The van der Waals surface area contributed by atoms with E-state index in [1.54, 1.807) is 60.7 Å². The number of anilines is 4. The van der Waals surface area contributed by atoms with E-state index in [2.05, 4.69) is 20.1 Å². The molecule has 0 unspecified atom stereocenters. The van der Waals surface area contributed by atoms with E-state index in [-0.39, 0.29) is 21.6 Å². The van der Waals surface area contributed by atoms with Gasteiger partial charge in [-0.1, -0.05) is 60.7 Å². The molecule has 2 amide bonds. The first-order chi connectivity index (χ1) is 24.5. The largest absolute Gasteiger partial charge is 0.322 e. The number of amides is 2. The lowest BCUT2D eigenvalue weighted by Crippen LogP contribution is -2.14. The average molecular weight is 717 g/mol. The number of sulfonamides is 2. The van der Waals surface area contributed by atoms with E-state index >= 15 is 0 Å². The van der Waals surface area contributed by atoms with Crippen molar-refractivity contribution >= 4 is 54.6 Å². The van der Waals surface area contributed by atoms with E-state index in [0.717, 1.165) is 11.1 Å². The molecule has 6 aromatic carbocycles. The fourth-order valence-electron chi connectivity index (χ4n) is 5.06. The maximum atomic E-state index is 12.8. The normalized spacial score (nSPS) is 11.3. The molecule has 4 N–H and O–H groups in total. The molecule has 10 nitrogen and oxygen atoms in total. The summed E-state index contributed by atoms with van der Waals surface area (Å²) in [7, 11) is -7.47. The van der Waals surface area contributed by atoms with E-state index in [1.165, 1.54) is 48.5 Å². The van der Waals surface area contributed by atoms with Crippen molar-refractivity contribution in [1.82, 2.24) is 0 Å². The summed E-state index contributed by atoms with van der Waals surface area (Å²) in [6.07, 6.45) is 0.628. The second-order valence-electron chi connectivity index (χ2n) is 11.5. The van der Waals surface area contributed by atoms with Crippen LogP contribution in [0.25, 0.3) is 0 Å². The number of benzene rings is 6. The van der Waals surface area contributed by atoms with Crippen molar-refractivity contribution in [2.45, 2.75) is 16.2 Å². The molecule has 51 heavy (non-hydrogen) atoms.